The molecular formula is C26H35ClN4O3. The maximum Gasteiger partial charge on any atom is 0.259 e. The summed E-state index contributed by atoms with van der Waals surface area (Å²) in [4.78, 5) is 32.5. The van der Waals surface area contributed by atoms with Crippen molar-refractivity contribution in [2.75, 3.05) is 33.3 Å². The third-order valence-electron chi connectivity index (χ3n) is 6.49. The highest BCUT2D eigenvalue weighted by atomic mass is 35.5. The van der Waals surface area contributed by atoms with E-state index >= 15 is 0 Å². The molecule has 0 radical (unpaired) electrons. The minimum absolute atomic E-state index is 0. The zero-order valence-electron chi connectivity index (χ0n) is 19.8. The number of nitrogens with zero attached hydrogens (tertiary/aromatic N) is 2. The molecule has 4 rings (SSSR count). The number of aryl methyl sites for hydroxylation is 2. The van der Waals surface area contributed by atoms with E-state index in [1.165, 1.54) is 5.56 Å². The van der Waals surface area contributed by atoms with Crippen LogP contribution in [0.4, 0.5) is 0 Å². The molecule has 34 heavy (non-hydrogen) atoms. The van der Waals surface area contributed by atoms with Crippen molar-refractivity contribution in [2.24, 2.45) is 0 Å². The van der Waals surface area contributed by atoms with Gasteiger partial charge in [-0.25, -0.2) is 4.98 Å². The van der Waals surface area contributed by atoms with Gasteiger partial charge >= 0.3 is 0 Å². The number of halogens is 1. The number of amides is 2. The number of hydrogen-bond acceptors (Lipinski definition) is 5. The molecule has 2 amide bonds. The second-order valence-corrected chi connectivity index (χ2v) is 8.83. The summed E-state index contributed by atoms with van der Waals surface area (Å²) in [7, 11) is 1.58. The summed E-state index contributed by atoms with van der Waals surface area (Å²) in [5.74, 6) is 0.461. The normalized spacial score (nSPS) is 19.5. The predicted molar refractivity (Wildman–Crippen MR) is 135 cm³/mol. The van der Waals surface area contributed by atoms with Crippen molar-refractivity contribution in [2.45, 2.75) is 51.0 Å². The molecule has 8 heteroatoms. The van der Waals surface area contributed by atoms with Gasteiger partial charge in [0.05, 0.1) is 7.11 Å². The van der Waals surface area contributed by atoms with Gasteiger partial charge in [0.2, 0.25) is 11.8 Å². The van der Waals surface area contributed by atoms with Gasteiger partial charge in [0.15, 0.2) is 0 Å². The van der Waals surface area contributed by atoms with Crippen LogP contribution in [-0.2, 0) is 17.6 Å². The second kappa shape index (κ2) is 12.7. The summed E-state index contributed by atoms with van der Waals surface area (Å²) < 4.78 is 5.49. The molecule has 0 bridgehead atoms. The van der Waals surface area contributed by atoms with Crippen molar-refractivity contribution in [3.05, 3.63) is 58.8 Å². The summed E-state index contributed by atoms with van der Waals surface area (Å²) in [6, 6.07) is 12.0. The van der Waals surface area contributed by atoms with Gasteiger partial charge in [-0.1, -0.05) is 30.3 Å². The molecule has 184 valence electrons. The summed E-state index contributed by atoms with van der Waals surface area (Å²) in [5, 5.41) is 6.56. The minimum Gasteiger partial charge on any atom is -0.480 e. The molecule has 2 N–H and O–H groups in total. The molecule has 1 unspecified atom stereocenters. The quantitative estimate of drug-likeness (QED) is 0.694. The molecule has 1 aliphatic heterocycles. The molecule has 0 spiro atoms. The number of methoxy groups -OCH3 is 1. The largest absolute Gasteiger partial charge is 0.480 e. The highest BCUT2D eigenvalue weighted by Gasteiger charge is 2.25. The van der Waals surface area contributed by atoms with E-state index in [2.05, 4.69) is 15.6 Å². The van der Waals surface area contributed by atoms with Crippen LogP contribution in [0.2, 0.25) is 0 Å². The topological polar surface area (TPSA) is 83.6 Å². The lowest BCUT2D eigenvalue weighted by Crippen LogP contribution is -2.35. The predicted octanol–water partition coefficient (Wildman–Crippen LogP) is 3.46. The summed E-state index contributed by atoms with van der Waals surface area (Å²) in [6.07, 6.45) is 5.87. The lowest BCUT2D eigenvalue weighted by molar-refractivity contribution is -0.121. The fourth-order valence-corrected chi connectivity index (χ4v) is 4.70. The summed E-state index contributed by atoms with van der Waals surface area (Å²) in [5.41, 5.74) is 3.88. The molecule has 1 saturated heterocycles. The fourth-order valence-electron chi connectivity index (χ4n) is 4.70. The highest BCUT2D eigenvalue weighted by molar-refractivity contribution is 5.96. The Morgan fingerprint density at radius 2 is 1.85 bits per heavy atom. The monoisotopic (exact) mass is 486 g/mol. The number of benzene rings is 1. The summed E-state index contributed by atoms with van der Waals surface area (Å²) in [6.45, 7) is 2.63. The average molecular weight is 487 g/mol. The first-order valence-electron chi connectivity index (χ1n) is 12.1. The summed E-state index contributed by atoms with van der Waals surface area (Å²) >= 11 is 0. The Morgan fingerprint density at radius 1 is 1.06 bits per heavy atom. The smallest absolute Gasteiger partial charge is 0.259 e. The Hall–Kier alpha value is -2.64. The molecule has 2 aromatic rings. The molecule has 2 aliphatic rings. The number of nitrogens with one attached hydrogen (secondary N) is 2. The first kappa shape index (κ1) is 26.0. The standard InChI is InChI=1S/C26H34N4O3.ClH/c1-33-25-21(17-20-11-7-12-22(20)29-25)26(32)30-15-6-5-13-28-24(31)18-23(27-14-8-16-30)19-9-3-2-4-10-19;/h2-4,9-10,17,23,27H,5-8,11-16,18H2,1H3,(H,28,31);1H. The number of fused-ring (bicyclic) bond motifs is 1. The van der Waals surface area contributed by atoms with Crippen LogP contribution in [0.5, 0.6) is 5.88 Å². The number of carbonyl (C=O) groups excluding carboxylic acids is 2. The molecule has 1 aliphatic carbocycles. The molecule has 1 aromatic heterocycles. The van der Waals surface area contributed by atoms with Crippen molar-refractivity contribution < 1.29 is 14.3 Å². The molecule has 0 saturated carbocycles. The first-order chi connectivity index (χ1) is 16.2. The molecular weight excluding hydrogens is 452 g/mol. The van der Waals surface area contributed by atoms with Crippen LogP contribution in [-0.4, -0.2) is 55.0 Å². The van der Waals surface area contributed by atoms with Crippen LogP contribution in [0.1, 0.15) is 65.3 Å². The molecule has 1 fully saturated rings. The van der Waals surface area contributed by atoms with E-state index in [1.807, 2.05) is 41.3 Å². The Kier molecular flexibility index (Phi) is 9.72. The lowest BCUT2D eigenvalue weighted by Gasteiger charge is -2.24. The average Bonchev–Trinajstić information content (AvgIpc) is 3.31. The van der Waals surface area contributed by atoms with Crippen LogP contribution >= 0.6 is 12.4 Å². The maximum absolute atomic E-state index is 13.5. The van der Waals surface area contributed by atoms with Crippen LogP contribution < -0.4 is 15.4 Å². The molecule has 1 aromatic carbocycles. The van der Waals surface area contributed by atoms with Crippen LogP contribution in [0.25, 0.3) is 0 Å². The fraction of sp³-hybridized carbons (Fsp3) is 0.500. The number of pyridine rings is 1. The van der Waals surface area contributed by atoms with Crippen LogP contribution in [0.15, 0.2) is 36.4 Å². The van der Waals surface area contributed by atoms with E-state index in [-0.39, 0.29) is 30.3 Å². The Labute approximate surface area is 208 Å². The van der Waals surface area contributed by atoms with Crippen LogP contribution in [0, 0.1) is 0 Å². The van der Waals surface area contributed by atoms with Gasteiger partial charge in [-0.15, -0.1) is 12.4 Å². The van der Waals surface area contributed by atoms with Gasteiger partial charge in [-0.3, -0.25) is 9.59 Å². The lowest BCUT2D eigenvalue weighted by atomic mass is 10.0. The van der Waals surface area contributed by atoms with Crippen LogP contribution in [0.3, 0.4) is 0 Å². The van der Waals surface area contributed by atoms with Gasteiger partial charge in [-0.2, -0.15) is 0 Å². The second-order valence-electron chi connectivity index (χ2n) is 8.83. The Bertz CT molecular complexity index is 970. The zero-order chi connectivity index (χ0) is 23.0. The first-order valence-corrected chi connectivity index (χ1v) is 12.1. The highest BCUT2D eigenvalue weighted by Crippen LogP contribution is 2.27. The van der Waals surface area contributed by atoms with E-state index in [9.17, 15) is 9.59 Å². The number of ether oxygens (including phenoxy) is 1. The van der Waals surface area contributed by atoms with Crippen molar-refractivity contribution in [1.29, 1.82) is 0 Å². The third-order valence-corrected chi connectivity index (χ3v) is 6.49. The SMILES string of the molecule is COc1nc2c(cc1C(=O)N1CCCCNC(=O)CC(c3ccccc3)NCCC1)CCC2.Cl. The number of aromatic nitrogens is 1. The van der Waals surface area contributed by atoms with E-state index in [4.69, 9.17) is 4.74 Å². The van der Waals surface area contributed by atoms with E-state index < -0.39 is 0 Å². The molecule has 7 nitrogen and oxygen atoms in total. The molecule has 2 heterocycles. The van der Waals surface area contributed by atoms with E-state index in [1.54, 1.807) is 7.11 Å². The van der Waals surface area contributed by atoms with Crippen molar-refractivity contribution in [1.82, 2.24) is 20.5 Å². The van der Waals surface area contributed by atoms with E-state index in [0.717, 1.165) is 56.3 Å². The molecule has 1 atom stereocenters. The van der Waals surface area contributed by atoms with Crippen molar-refractivity contribution >= 4 is 24.2 Å². The van der Waals surface area contributed by atoms with Crippen molar-refractivity contribution in [3.8, 4) is 5.88 Å². The van der Waals surface area contributed by atoms with Gasteiger partial charge < -0.3 is 20.3 Å². The zero-order valence-corrected chi connectivity index (χ0v) is 20.7. The Balaban J connectivity index is 0.00000324. The maximum atomic E-state index is 13.5. The van der Waals surface area contributed by atoms with Gasteiger partial charge in [0.25, 0.3) is 5.91 Å². The van der Waals surface area contributed by atoms with Gasteiger partial charge in [0, 0.05) is 37.8 Å². The van der Waals surface area contributed by atoms with Gasteiger partial charge in [0.1, 0.15) is 5.56 Å². The Morgan fingerprint density at radius 3 is 2.65 bits per heavy atom. The third kappa shape index (κ3) is 6.48. The van der Waals surface area contributed by atoms with Gasteiger partial charge in [-0.05, 0) is 62.3 Å². The van der Waals surface area contributed by atoms with E-state index in [0.29, 0.717) is 37.5 Å². The van der Waals surface area contributed by atoms with Crippen molar-refractivity contribution in [3.63, 3.8) is 0 Å². The number of rotatable bonds is 3. The number of carbonyl (C=O) groups is 2. The number of hydrogen-bond donors (Lipinski definition) is 2. The minimum atomic E-state index is -0.0443.